The van der Waals surface area contributed by atoms with Gasteiger partial charge in [0.05, 0.1) is 23.6 Å². The summed E-state index contributed by atoms with van der Waals surface area (Å²) >= 11 is 0. The lowest BCUT2D eigenvalue weighted by Crippen LogP contribution is -2.02. The van der Waals surface area contributed by atoms with Gasteiger partial charge in [0.2, 0.25) is 0 Å². The maximum Gasteiger partial charge on any atom is 0.165 e. The number of aryl methyl sites for hydroxylation is 1. The second kappa shape index (κ2) is 7.62. The van der Waals surface area contributed by atoms with Gasteiger partial charge in [-0.05, 0) is 66.6 Å². The van der Waals surface area contributed by atoms with Crippen LogP contribution in [0.15, 0.2) is 73.1 Å². The topological polar surface area (TPSA) is 103 Å². The highest BCUT2D eigenvalue weighted by atomic mass is 16.3. The second-order valence-corrected chi connectivity index (χ2v) is 7.29. The number of aliphatic hydroxyl groups excluding tert-OH is 1. The minimum Gasteiger partial charge on any atom is -0.392 e. The number of hydrogen-bond donors (Lipinski definition) is 2. The number of anilines is 1. The van der Waals surface area contributed by atoms with Crippen LogP contribution in [-0.4, -0.2) is 29.6 Å². The molecule has 0 bridgehead atoms. The highest BCUT2D eigenvalue weighted by Crippen LogP contribution is 2.31. The first-order chi connectivity index (χ1) is 15.1. The van der Waals surface area contributed by atoms with Crippen molar-refractivity contribution in [2.75, 3.05) is 5.73 Å². The smallest absolute Gasteiger partial charge is 0.165 e. The number of nitrogens with zero attached hydrogens (tertiary/aromatic N) is 5. The van der Waals surface area contributed by atoms with Crippen molar-refractivity contribution in [1.82, 2.24) is 24.5 Å². The number of aromatic nitrogens is 5. The largest absolute Gasteiger partial charge is 0.392 e. The van der Waals surface area contributed by atoms with E-state index in [0.717, 1.165) is 39.3 Å². The summed E-state index contributed by atoms with van der Waals surface area (Å²) in [4.78, 5) is 18.4. The summed E-state index contributed by atoms with van der Waals surface area (Å²) < 4.78 is 1.96. The van der Waals surface area contributed by atoms with Gasteiger partial charge in [0.1, 0.15) is 11.3 Å². The highest BCUT2D eigenvalue weighted by molar-refractivity contribution is 5.84. The lowest BCUT2D eigenvalue weighted by molar-refractivity contribution is 0.282. The van der Waals surface area contributed by atoms with Gasteiger partial charge in [-0.1, -0.05) is 12.1 Å². The number of aliphatic hydroxyl groups is 1. The summed E-state index contributed by atoms with van der Waals surface area (Å²) in [5.41, 5.74) is 12.7. The first kappa shape index (κ1) is 18.9. The molecule has 0 saturated carbocycles. The Labute approximate surface area is 178 Å². The molecule has 0 atom stereocenters. The third-order valence-corrected chi connectivity index (χ3v) is 5.14. The van der Waals surface area contributed by atoms with Crippen LogP contribution in [0.3, 0.4) is 0 Å². The Hall–Kier alpha value is -4.10. The number of nitrogen functional groups attached to an aromatic ring is 1. The molecule has 0 amide bonds. The van der Waals surface area contributed by atoms with Crippen molar-refractivity contribution in [3.8, 4) is 28.5 Å². The number of imidazole rings is 1. The van der Waals surface area contributed by atoms with Crippen LogP contribution in [0.25, 0.3) is 39.6 Å². The molecule has 0 radical (unpaired) electrons. The lowest BCUT2D eigenvalue weighted by atomic mass is 10.2. The Balaban J connectivity index is 1.79. The maximum absolute atomic E-state index is 9.42. The third kappa shape index (κ3) is 3.41. The number of hydrogen-bond acceptors (Lipinski definition) is 6. The van der Waals surface area contributed by atoms with Crippen LogP contribution >= 0.6 is 0 Å². The van der Waals surface area contributed by atoms with Crippen molar-refractivity contribution in [2.45, 2.75) is 13.5 Å². The third-order valence-electron chi connectivity index (χ3n) is 5.14. The maximum atomic E-state index is 9.42. The fourth-order valence-corrected chi connectivity index (χ4v) is 3.56. The molecule has 0 spiro atoms. The lowest BCUT2D eigenvalue weighted by Gasteiger charge is -2.11. The summed E-state index contributed by atoms with van der Waals surface area (Å²) in [7, 11) is 0. The molecule has 0 fully saturated rings. The average Bonchev–Trinajstić information content (AvgIpc) is 3.18. The zero-order valence-corrected chi connectivity index (χ0v) is 16.9. The van der Waals surface area contributed by atoms with E-state index >= 15 is 0 Å². The normalized spacial score (nSPS) is 11.2. The number of fused-ring (bicyclic) bond motifs is 1. The Bertz CT molecular complexity index is 1390. The van der Waals surface area contributed by atoms with Crippen molar-refractivity contribution >= 4 is 17.0 Å². The predicted octanol–water partition coefficient (Wildman–Crippen LogP) is 3.93. The molecule has 5 rings (SSSR count). The molecule has 7 heteroatoms. The Morgan fingerprint density at radius 1 is 0.903 bits per heavy atom. The van der Waals surface area contributed by atoms with E-state index in [1.807, 2.05) is 72.2 Å². The predicted molar refractivity (Wildman–Crippen MR) is 120 cm³/mol. The van der Waals surface area contributed by atoms with E-state index in [1.54, 1.807) is 12.4 Å². The highest BCUT2D eigenvalue weighted by Gasteiger charge is 2.18. The molecule has 4 aromatic heterocycles. The van der Waals surface area contributed by atoms with Crippen LogP contribution in [0.1, 0.15) is 11.1 Å². The summed E-state index contributed by atoms with van der Waals surface area (Å²) in [6.07, 6.45) is 3.44. The molecule has 4 heterocycles. The summed E-state index contributed by atoms with van der Waals surface area (Å²) in [6.45, 7) is 2.01. The molecular formula is C24H20N6O. The first-order valence-corrected chi connectivity index (χ1v) is 9.87. The van der Waals surface area contributed by atoms with Crippen LogP contribution in [0.2, 0.25) is 0 Å². The minimum atomic E-state index is -0.0191. The van der Waals surface area contributed by atoms with Crippen LogP contribution < -0.4 is 5.73 Å². The summed E-state index contributed by atoms with van der Waals surface area (Å²) in [6, 6.07) is 19.2. The zero-order chi connectivity index (χ0) is 21.4. The molecule has 7 nitrogen and oxygen atoms in total. The summed E-state index contributed by atoms with van der Waals surface area (Å²) in [5.74, 6) is 1.05. The van der Waals surface area contributed by atoms with Gasteiger partial charge in [0, 0.05) is 18.1 Å². The van der Waals surface area contributed by atoms with Gasteiger partial charge < -0.3 is 10.8 Å². The van der Waals surface area contributed by atoms with E-state index in [-0.39, 0.29) is 6.61 Å². The Morgan fingerprint density at radius 3 is 2.48 bits per heavy atom. The van der Waals surface area contributed by atoms with E-state index in [1.165, 1.54) is 0 Å². The average molecular weight is 408 g/mol. The van der Waals surface area contributed by atoms with Gasteiger partial charge in [-0.15, -0.1) is 0 Å². The van der Waals surface area contributed by atoms with Crippen molar-refractivity contribution in [1.29, 1.82) is 0 Å². The molecule has 5 aromatic rings. The molecule has 1 aromatic carbocycles. The number of benzene rings is 1. The second-order valence-electron chi connectivity index (χ2n) is 7.29. The quantitative estimate of drug-likeness (QED) is 0.467. The number of pyridine rings is 3. The van der Waals surface area contributed by atoms with Crippen LogP contribution in [-0.2, 0) is 6.61 Å². The van der Waals surface area contributed by atoms with Crippen molar-refractivity contribution in [3.63, 3.8) is 0 Å². The molecule has 0 aliphatic rings. The van der Waals surface area contributed by atoms with E-state index in [4.69, 9.17) is 15.7 Å². The number of rotatable bonds is 4. The van der Waals surface area contributed by atoms with Crippen molar-refractivity contribution in [2.24, 2.45) is 0 Å². The standard InChI is InChI=1S/C24H20N6O/c1-15-10-12-26-21(13-15)19-8-9-20-24(28-19)30(17-6-4-16(14-31)5-7-17)23(29-20)18-3-2-11-27-22(18)25/h2-13,31H,14H2,1H3,(H2,25,27). The molecule has 3 N–H and O–H groups in total. The molecule has 0 aliphatic carbocycles. The van der Waals surface area contributed by atoms with Gasteiger partial charge in [-0.3, -0.25) is 9.55 Å². The van der Waals surface area contributed by atoms with E-state index in [9.17, 15) is 5.11 Å². The molecule has 0 saturated heterocycles. The van der Waals surface area contributed by atoms with Crippen LogP contribution in [0.4, 0.5) is 5.82 Å². The minimum absolute atomic E-state index is 0.0191. The van der Waals surface area contributed by atoms with Crippen LogP contribution in [0, 0.1) is 6.92 Å². The van der Waals surface area contributed by atoms with Gasteiger partial charge in [0.15, 0.2) is 11.5 Å². The van der Waals surface area contributed by atoms with Gasteiger partial charge in [-0.2, -0.15) is 0 Å². The number of nitrogens with two attached hydrogens (primary N) is 1. The Morgan fingerprint density at radius 2 is 1.74 bits per heavy atom. The van der Waals surface area contributed by atoms with Crippen molar-refractivity contribution < 1.29 is 5.11 Å². The van der Waals surface area contributed by atoms with E-state index < -0.39 is 0 Å². The molecular weight excluding hydrogens is 388 g/mol. The zero-order valence-electron chi connectivity index (χ0n) is 16.9. The van der Waals surface area contributed by atoms with Crippen LogP contribution in [0.5, 0.6) is 0 Å². The van der Waals surface area contributed by atoms with Gasteiger partial charge >= 0.3 is 0 Å². The van der Waals surface area contributed by atoms with Crippen molar-refractivity contribution in [3.05, 3.63) is 84.2 Å². The molecule has 0 aliphatic heterocycles. The van der Waals surface area contributed by atoms with Gasteiger partial charge in [-0.25, -0.2) is 15.0 Å². The SMILES string of the molecule is Cc1ccnc(-c2ccc3nc(-c4cccnc4N)n(-c4ccc(CO)cc4)c3n2)c1. The first-order valence-electron chi connectivity index (χ1n) is 9.87. The van der Waals surface area contributed by atoms with E-state index in [0.29, 0.717) is 17.3 Å². The fraction of sp³-hybridized carbons (Fsp3) is 0.0833. The molecule has 0 unspecified atom stereocenters. The van der Waals surface area contributed by atoms with Gasteiger partial charge in [0.25, 0.3) is 0 Å². The van der Waals surface area contributed by atoms with E-state index in [2.05, 4.69) is 9.97 Å². The molecule has 152 valence electrons. The molecule has 31 heavy (non-hydrogen) atoms. The summed E-state index contributed by atoms with van der Waals surface area (Å²) in [5, 5.41) is 9.42. The monoisotopic (exact) mass is 408 g/mol. The Kier molecular flexibility index (Phi) is 4.65. The fourth-order valence-electron chi connectivity index (χ4n) is 3.56.